The molecule has 2 aliphatic rings. The van der Waals surface area contributed by atoms with Crippen molar-refractivity contribution in [1.29, 1.82) is 0 Å². The highest BCUT2D eigenvalue weighted by atomic mass is 32.2. The van der Waals surface area contributed by atoms with Gasteiger partial charge in [-0.15, -0.1) is 11.8 Å². The van der Waals surface area contributed by atoms with Crippen LogP contribution in [-0.4, -0.2) is 12.9 Å². The summed E-state index contributed by atoms with van der Waals surface area (Å²) < 4.78 is 11.3. The molecule has 0 amide bonds. The van der Waals surface area contributed by atoms with Crippen molar-refractivity contribution in [2.24, 2.45) is 5.92 Å². The van der Waals surface area contributed by atoms with E-state index in [1.54, 1.807) is 7.11 Å². The Labute approximate surface area is 135 Å². The Hall–Kier alpha value is -1.61. The fraction of sp³-hybridized carbons (Fsp3) is 0.368. The first-order valence-corrected chi connectivity index (χ1v) is 8.91. The van der Waals surface area contributed by atoms with E-state index in [4.69, 9.17) is 9.47 Å². The second-order valence-electron chi connectivity index (χ2n) is 6.06. The molecule has 0 N–H and O–H groups in total. The topological polar surface area (TPSA) is 18.5 Å². The van der Waals surface area contributed by atoms with E-state index in [2.05, 4.69) is 18.2 Å². The summed E-state index contributed by atoms with van der Waals surface area (Å²) in [6.07, 6.45) is 4.16. The van der Waals surface area contributed by atoms with Gasteiger partial charge in [0, 0.05) is 11.0 Å². The van der Waals surface area contributed by atoms with Gasteiger partial charge in [0.2, 0.25) is 0 Å². The second kappa shape index (κ2) is 5.88. The third-order valence-corrected chi connectivity index (χ3v) is 5.64. The summed E-state index contributed by atoms with van der Waals surface area (Å²) in [5.41, 5.74) is 1.54. The zero-order valence-corrected chi connectivity index (χ0v) is 13.6. The third kappa shape index (κ3) is 2.82. The van der Waals surface area contributed by atoms with Crippen LogP contribution >= 0.6 is 11.8 Å². The van der Waals surface area contributed by atoms with E-state index in [-0.39, 0.29) is 0 Å². The molecule has 1 atom stereocenters. The summed E-state index contributed by atoms with van der Waals surface area (Å²) in [6.45, 7) is 0. The Kier molecular flexibility index (Phi) is 3.75. The Bertz CT molecular complexity index is 679. The Balaban J connectivity index is 1.58. The molecular formula is C19H20O2S. The zero-order valence-electron chi connectivity index (χ0n) is 12.7. The summed E-state index contributed by atoms with van der Waals surface area (Å²) in [5.74, 6) is 5.50. The van der Waals surface area contributed by atoms with E-state index in [1.807, 2.05) is 36.0 Å². The number of benzene rings is 2. The van der Waals surface area contributed by atoms with Crippen LogP contribution in [-0.2, 0) is 0 Å². The molecule has 1 heterocycles. The smallest absolute Gasteiger partial charge is 0.131 e. The summed E-state index contributed by atoms with van der Waals surface area (Å²) >= 11 is 1.97. The van der Waals surface area contributed by atoms with Gasteiger partial charge in [0.05, 0.1) is 7.11 Å². The molecule has 2 nitrogen and oxygen atoms in total. The summed E-state index contributed by atoms with van der Waals surface area (Å²) in [6, 6.07) is 14.3. The van der Waals surface area contributed by atoms with E-state index in [0.29, 0.717) is 0 Å². The van der Waals surface area contributed by atoms with Gasteiger partial charge in [0.15, 0.2) is 0 Å². The van der Waals surface area contributed by atoms with Crippen molar-refractivity contribution >= 4 is 11.8 Å². The highest BCUT2D eigenvalue weighted by molar-refractivity contribution is 7.99. The SMILES string of the molecule is COc1cccc(Oc2ccc3c(c2)SCCC3C2CC2)c1. The van der Waals surface area contributed by atoms with Gasteiger partial charge in [0.1, 0.15) is 17.2 Å². The lowest BCUT2D eigenvalue weighted by Crippen LogP contribution is -2.09. The van der Waals surface area contributed by atoms with Crippen LogP contribution in [0.25, 0.3) is 0 Å². The van der Waals surface area contributed by atoms with Crippen LogP contribution in [0.1, 0.15) is 30.7 Å². The van der Waals surface area contributed by atoms with Crippen LogP contribution in [0.4, 0.5) is 0 Å². The number of fused-ring (bicyclic) bond motifs is 1. The largest absolute Gasteiger partial charge is 0.497 e. The number of ether oxygens (including phenoxy) is 2. The highest BCUT2D eigenvalue weighted by Gasteiger charge is 2.35. The molecule has 22 heavy (non-hydrogen) atoms. The van der Waals surface area contributed by atoms with Crippen LogP contribution in [0.5, 0.6) is 17.2 Å². The van der Waals surface area contributed by atoms with Crippen molar-refractivity contribution < 1.29 is 9.47 Å². The van der Waals surface area contributed by atoms with Crippen LogP contribution in [0.15, 0.2) is 47.4 Å². The van der Waals surface area contributed by atoms with E-state index < -0.39 is 0 Å². The van der Waals surface area contributed by atoms with Crippen LogP contribution in [0, 0.1) is 5.92 Å². The highest BCUT2D eigenvalue weighted by Crippen LogP contribution is 2.50. The van der Waals surface area contributed by atoms with Gasteiger partial charge in [0.25, 0.3) is 0 Å². The zero-order chi connectivity index (χ0) is 14.9. The first-order chi connectivity index (χ1) is 10.8. The van der Waals surface area contributed by atoms with E-state index in [9.17, 15) is 0 Å². The lowest BCUT2D eigenvalue weighted by molar-refractivity contribution is 0.409. The number of thioether (sulfide) groups is 1. The molecule has 114 valence electrons. The molecule has 3 heteroatoms. The minimum Gasteiger partial charge on any atom is -0.497 e. The standard InChI is InChI=1S/C19H20O2S/c1-20-14-3-2-4-15(11-14)21-16-7-8-18-17(13-5-6-13)9-10-22-19(18)12-16/h2-4,7-8,11-13,17H,5-6,9-10H2,1H3. The van der Waals surface area contributed by atoms with Gasteiger partial charge in [-0.05, 0) is 66.7 Å². The normalized spacial score (nSPS) is 20.3. The van der Waals surface area contributed by atoms with Crippen LogP contribution in [0.3, 0.4) is 0 Å². The predicted octanol–water partition coefficient (Wildman–Crippen LogP) is 5.48. The first-order valence-electron chi connectivity index (χ1n) is 7.92. The van der Waals surface area contributed by atoms with Crippen molar-refractivity contribution in [3.63, 3.8) is 0 Å². The second-order valence-corrected chi connectivity index (χ2v) is 7.20. The predicted molar refractivity (Wildman–Crippen MR) is 90.3 cm³/mol. The minimum atomic E-state index is 0.780. The number of hydrogen-bond donors (Lipinski definition) is 0. The molecule has 0 saturated heterocycles. The molecular weight excluding hydrogens is 292 g/mol. The lowest BCUT2D eigenvalue weighted by atomic mass is 9.91. The van der Waals surface area contributed by atoms with Crippen molar-refractivity contribution in [2.45, 2.75) is 30.1 Å². The molecule has 4 rings (SSSR count). The van der Waals surface area contributed by atoms with Gasteiger partial charge >= 0.3 is 0 Å². The molecule has 1 saturated carbocycles. The molecule has 1 unspecified atom stereocenters. The van der Waals surface area contributed by atoms with Gasteiger partial charge < -0.3 is 9.47 Å². The summed E-state index contributed by atoms with van der Waals surface area (Å²) in [4.78, 5) is 1.41. The molecule has 1 aliphatic heterocycles. The monoisotopic (exact) mass is 312 g/mol. The average molecular weight is 312 g/mol. The Morgan fingerprint density at radius 3 is 2.59 bits per heavy atom. The lowest BCUT2D eigenvalue weighted by Gasteiger charge is -2.25. The van der Waals surface area contributed by atoms with Gasteiger partial charge in [-0.2, -0.15) is 0 Å². The van der Waals surface area contributed by atoms with Crippen molar-refractivity contribution in [1.82, 2.24) is 0 Å². The van der Waals surface area contributed by atoms with Crippen molar-refractivity contribution in [3.05, 3.63) is 48.0 Å². The van der Waals surface area contributed by atoms with Gasteiger partial charge in [-0.1, -0.05) is 12.1 Å². The summed E-state index contributed by atoms with van der Waals surface area (Å²) in [5, 5.41) is 0. The first kappa shape index (κ1) is 14.0. The molecule has 0 radical (unpaired) electrons. The van der Waals surface area contributed by atoms with Crippen molar-refractivity contribution in [3.8, 4) is 17.2 Å². The fourth-order valence-corrected chi connectivity index (χ4v) is 4.43. The maximum atomic E-state index is 6.00. The maximum Gasteiger partial charge on any atom is 0.131 e. The molecule has 0 bridgehead atoms. The van der Waals surface area contributed by atoms with Gasteiger partial charge in [-0.25, -0.2) is 0 Å². The molecule has 0 aromatic heterocycles. The summed E-state index contributed by atoms with van der Waals surface area (Å²) in [7, 11) is 1.67. The van der Waals surface area contributed by atoms with E-state index in [1.165, 1.54) is 35.5 Å². The number of rotatable bonds is 4. The average Bonchev–Trinajstić information content (AvgIpc) is 3.39. The minimum absolute atomic E-state index is 0.780. The Morgan fingerprint density at radius 2 is 1.77 bits per heavy atom. The fourth-order valence-electron chi connectivity index (χ4n) is 3.25. The molecule has 1 aliphatic carbocycles. The molecule has 0 spiro atoms. The number of methoxy groups -OCH3 is 1. The quantitative estimate of drug-likeness (QED) is 0.745. The van der Waals surface area contributed by atoms with E-state index >= 15 is 0 Å². The van der Waals surface area contributed by atoms with Gasteiger partial charge in [-0.3, -0.25) is 0 Å². The Morgan fingerprint density at radius 1 is 0.955 bits per heavy atom. The van der Waals surface area contributed by atoms with Crippen molar-refractivity contribution in [2.75, 3.05) is 12.9 Å². The van der Waals surface area contributed by atoms with E-state index in [0.717, 1.165) is 29.1 Å². The molecule has 2 aromatic rings. The van der Waals surface area contributed by atoms with Crippen LogP contribution < -0.4 is 9.47 Å². The maximum absolute atomic E-state index is 6.00. The number of hydrogen-bond acceptors (Lipinski definition) is 3. The third-order valence-electron chi connectivity index (χ3n) is 4.54. The molecule has 2 aromatic carbocycles. The van der Waals surface area contributed by atoms with Crippen LogP contribution in [0.2, 0.25) is 0 Å². The molecule has 1 fully saturated rings.